The summed E-state index contributed by atoms with van der Waals surface area (Å²) in [7, 11) is 2.41. The van der Waals surface area contributed by atoms with Crippen molar-refractivity contribution in [2.75, 3.05) is 40.5 Å². The van der Waals surface area contributed by atoms with Gasteiger partial charge in [0.25, 0.3) is 0 Å². The van der Waals surface area contributed by atoms with E-state index in [-0.39, 0.29) is 48.6 Å². The van der Waals surface area contributed by atoms with Crippen molar-refractivity contribution in [3.05, 3.63) is 82.1 Å². The Bertz CT molecular complexity index is 1400. The van der Waals surface area contributed by atoms with Gasteiger partial charge in [0.05, 0.1) is 30.6 Å². The summed E-state index contributed by atoms with van der Waals surface area (Å²) in [6, 6.07) is 4.27. The second kappa shape index (κ2) is 14.1. The number of piperidine rings is 1. The molecule has 0 bridgehead atoms. The lowest BCUT2D eigenvalue weighted by Crippen LogP contribution is -2.56. The Labute approximate surface area is 249 Å². The van der Waals surface area contributed by atoms with Crippen molar-refractivity contribution in [1.29, 1.82) is 0 Å². The lowest BCUT2D eigenvalue weighted by Gasteiger charge is -2.36. The van der Waals surface area contributed by atoms with Gasteiger partial charge in [0, 0.05) is 32.3 Å². The molecule has 2 aliphatic heterocycles. The van der Waals surface area contributed by atoms with Gasteiger partial charge in [0.1, 0.15) is 6.04 Å². The minimum atomic E-state index is -4.42. The van der Waals surface area contributed by atoms with E-state index in [9.17, 15) is 36.3 Å². The molecule has 4 rings (SSSR count). The fraction of sp³-hybridized carbons (Fsp3) is 0.414. The van der Waals surface area contributed by atoms with Crippen molar-refractivity contribution in [3.63, 3.8) is 0 Å². The number of nitrogens with one attached hydrogen (secondary N) is 4. The van der Waals surface area contributed by atoms with Crippen molar-refractivity contribution in [2.24, 2.45) is 0 Å². The highest BCUT2D eigenvalue weighted by atomic mass is 19.4. The third-order valence-electron chi connectivity index (χ3n) is 7.38. The van der Waals surface area contributed by atoms with Crippen molar-refractivity contribution in [1.82, 2.24) is 26.2 Å². The number of hydrogen-bond donors (Lipinski definition) is 4. The Balaban J connectivity index is 1.43. The molecule has 2 aliphatic rings. The Kier molecular flexibility index (Phi) is 10.5. The minimum Gasteiger partial charge on any atom is -0.466 e. The van der Waals surface area contributed by atoms with E-state index >= 15 is 0 Å². The van der Waals surface area contributed by atoms with Crippen LogP contribution in [0.4, 0.5) is 31.5 Å². The Morgan fingerprint density at radius 3 is 2.36 bits per heavy atom. The number of nitrogens with zero attached hydrogens (tertiary/aromatic N) is 1. The summed E-state index contributed by atoms with van der Waals surface area (Å²) in [6.45, 7) is 0.700. The summed E-state index contributed by atoms with van der Waals surface area (Å²) < 4.78 is 76.7. The molecule has 0 aromatic heterocycles. The van der Waals surface area contributed by atoms with Crippen LogP contribution in [-0.2, 0) is 20.4 Å². The van der Waals surface area contributed by atoms with Gasteiger partial charge in [-0.15, -0.1) is 0 Å². The highest BCUT2D eigenvalue weighted by molar-refractivity contribution is 6.01. The van der Waals surface area contributed by atoms with Crippen LogP contribution in [0.25, 0.3) is 0 Å². The smallest absolute Gasteiger partial charge is 0.416 e. The summed E-state index contributed by atoms with van der Waals surface area (Å²) >= 11 is 0. The number of alkyl halides is 3. The lowest BCUT2D eigenvalue weighted by atomic mass is 9.93. The second-order valence-electron chi connectivity index (χ2n) is 10.2. The summed E-state index contributed by atoms with van der Waals surface area (Å²) in [4.78, 5) is 39.9. The van der Waals surface area contributed by atoms with Crippen LogP contribution in [0.15, 0.2) is 53.7 Å². The van der Waals surface area contributed by atoms with E-state index in [1.807, 2.05) is 0 Å². The first-order valence-electron chi connectivity index (χ1n) is 13.7. The number of carbonyl (C=O) groups excluding carboxylic acids is 3. The van der Waals surface area contributed by atoms with Crippen LogP contribution in [0.5, 0.6) is 0 Å². The lowest BCUT2D eigenvalue weighted by molar-refractivity contribution is -0.138. The monoisotopic (exact) mass is 625 g/mol. The van der Waals surface area contributed by atoms with E-state index in [4.69, 9.17) is 9.47 Å². The molecule has 15 heteroatoms. The maximum atomic E-state index is 14.2. The third kappa shape index (κ3) is 7.52. The number of methoxy groups -OCH3 is 2. The molecule has 4 N–H and O–H groups in total. The first-order chi connectivity index (χ1) is 20.9. The molecular weight excluding hydrogens is 593 g/mol. The molecule has 1 saturated heterocycles. The van der Waals surface area contributed by atoms with E-state index in [0.717, 1.165) is 49.4 Å². The predicted molar refractivity (Wildman–Crippen MR) is 147 cm³/mol. The van der Waals surface area contributed by atoms with Gasteiger partial charge in [-0.05, 0) is 54.8 Å². The molecule has 238 valence electrons. The van der Waals surface area contributed by atoms with Gasteiger partial charge < -0.3 is 30.7 Å². The van der Waals surface area contributed by atoms with Gasteiger partial charge in [-0.2, -0.15) is 13.2 Å². The molecule has 3 atom stereocenters. The fourth-order valence-electron chi connectivity index (χ4n) is 5.27. The van der Waals surface area contributed by atoms with Gasteiger partial charge in [0.2, 0.25) is 0 Å². The van der Waals surface area contributed by atoms with Crippen LogP contribution in [0.2, 0.25) is 0 Å². The topological polar surface area (TPSA) is 121 Å². The zero-order chi connectivity index (χ0) is 32.0. The number of rotatable bonds is 9. The number of urea groups is 2. The highest BCUT2D eigenvalue weighted by Gasteiger charge is 2.43. The Morgan fingerprint density at radius 2 is 1.73 bits per heavy atom. The third-order valence-corrected chi connectivity index (χ3v) is 7.38. The van der Waals surface area contributed by atoms with E-state index < -0.39 is 47.4 Å². The van der Waals surface area contributed by atoms with E-state index in [1.165, 1.54) is 19.2 Å². The van der Waals surface area contributed by atoms with E-state index in [1.54, 1.807) is 0 Å². The summed E-state index contributed by atoms with van der Waals surface area (Å²) in [5.41, 5.74) is -0.249. The van der Waals surface area contributed by atoms with Crippen molar-refractivity contribution in [2.45, 2.75) is 37.1 Å². The number of amides is 4. The van der Waals surface area contributed by atoms with Crippen LogP contribution in [0, 0.1) is 11.6 Å². The van der Waals surface area contributed by atoms with Gasteiger partial charge >= 0.3 is 24.2 Å². The number of benzene rings is 2. The average Bonchev–Trinajstić information content (AvgIpc) is 3.00. The Morgan fingerprint density at radius 1 is 1.02 bits per heavy atom. The van der Waals surface area contributed by atoms with Crippen LogP contribution in [-0.4, -0.2) is 69.4 Å². The van der Waals surface area contributed by atoms with Crippen molar-refractivity contribution in [3.8, 4) is 0 Å². The van der Waals surface area contributed by atoms with Gasteiger partial charge in [0.15, 0.2) is 11.6 Å². The van der Waals surface area contributed by atoms with Crippen LogP contribution < -0.4 is 21.3 Å². The highest BCUT2D eigenvalue weighted by Crippen LogP contribution is 2.35. The molecule has 0 aliphatic carbocycles. The number of esters is 1. The van der Waals surface area contributed by atoms with Crippen LogP contribution in [0.3, 0.4) is 0 Å². The molecule has 0 saturated carbocycles. The number of hydrogen-bond acceptors (Lipinski definition) is 7. The number of ether oxygens (including phenoxy) is 2. The van der Waals surface area contributed by atoms with Crippen molar-refractivity contribution >= 4 is 18.0 Å². The zero-order valence-electron chi connectivity index (χ0n) is 23.9. The molecule has 1 fully saturated rings. The van der Waals surface area contributed by atoms with Crippen molar-refractivity contribution < 1.29 is 45.8 Å². The summed E-state index contributed by atoms with van der Waals surface area (Å²) in [5, 5.41) is 11.6. The average molecular weight is 626 g/mol. The van der Waals surface area contributed by atoms with Gasteiger partial charge in [-0.3, -0.25) is 0 Å². The summed E-state index contributed by atoms with van der Waals surface area (Å²) in [6.07, 6.45) is -3.10. The van der Waals surface area contributed by atoms with Crippen LogP contribution >= 0.6 is 0 Å². The first kappa shape index (κ1) is 32.8. The summed E-state index contributed by atoms with van der Waals surface area (Å²) in [5.74, 6) is -3.32. The second-order valence-corrected chi connectivity index (χ2v) is 10.2. The molecule has 0 unspecified atom stereocenters. The molecule has 10 nitrogen and oxygen atoms in total. The first-order valence-corrected chi connectivity index (χ1v) is 13.7. The maximum Gasteiger partial charge on any atom is 0.416 e. The molecular formula is C29H32F5N5O5. The number of halogens is 5. The SMILES string of the molecule is COCC1=C(C(=O)OC)[C@H](c2ccc(F)c(F)c2)N(C(=O)NCCN[C@H]2CCN[C@H](c3ccc(C(F)(F)F)cc3)C2)C(=O)N1. The van der Waals surface area contributed by atoms with Gasteiger partial charge in [-0.1, -0.05) is 18.2 Å². The Hall–Kier alpha value is -4.08. The fourth-order valence-corrected chi connectivity index (χ4v) is 5.27. The maximum absolute atomic E-state index is 14.2. The largest absolute Gasteiger partial charge is 0.466 e. The minimum absolute atomic E-state index is 0.00157. The molecule has 4 amide bonds. The predicted octanol–water partition coefficient (Wildman–Crippen LogP) is 3.92. The molecule has 44 heavy (non-hydrogen) atoms. The molecule has 2 aromatic carbocycles. The zero-order valence-corrected chi connectivity index (χ0v) is 23.9. The number of imide groups is 1. The standard InChI is InChI=1S/C29H32F5N5O5/c1-43-15-23-24(26(40)44-2)25(17-5-8-20(30)21(31)13-17)39(28(42)38-23)27(41)37-12-11-35-19-9-10-36-22(14-19)16-3-6-18(7-4-16)29(32,33)34/h3-8,13,19,22,25,35-36H,9-12,14-15H2,1-2H3,(H,37,41)(H,38,42)/t19-,22-,25-/m0/s1. The number of carbonyl (C=O) groups is 3. The quantitative estimate of drug-likeness (QED) is 0.190. The van der Waals surface area contributed by atoms with Crippen LogP contribution in [0.1, 0.15) is 41.6 Å². The van der Waals surface area contributed by atoms with E-state index in [0.29, 0.717) is 17.9 Å². The molecule has 0 spiro atoms. The normalized spacial score (nSPS) is 20.8. The molecule has 2 aromatic rings. The van der Waals surface area contributed by atoms with Gasteiger partial charge in [-0.25, -0.2) is 28.1 Å². The van der Waals surface area contributed by atoms with E-state index in [2.05, 4.69) is 21.3 Å². The molecule has 0 radical (unpaired) electrons. The molecule has 2 heterocycles.